The van der Waals surface area contributed by atoms with Crippen LogP contribution in [0.15, 0.2) is 0 Å². The van der Waals surface area contributed by atoms with Crippen LogP contribution in [0.4, 0.5) is 0 Å². The second kappa shape index (κ2) is 13.5. The molecule has 0 aliphatic heterocycles. The van der Waals surface area contributed by atoms with Crippen LogP contribution in [0.25, 0.3) is 0 Å². The van der Waals surface area contributed by atoms with E-state index in [1.165, 1.54) is 0 Å². The zero-order chi connectivity index (χ0) is 16.8. The average molecular weight is 338 g/mol. The highest BCUT2D eigenvalue weighted by molar-refractivity contribution is 7.48. The summed E-state index contributed by atoms with van der Waals surface area (Å²) in [7, 11) is -3.60. The normalized spacial score (nSPS) is 15.0. The van der Waals surface area contributed by atoms with Crippen molar-refractivity contribution in [3.63, 3.8) is 0 Å². The lowest BCUT2D eigenvalue weighted by molar-refractivity contribution is -0.00679. The van der Waals surface area contributed by atoms with Crippen molar-refractivity contribution in [2.24, 2.45) is 0 Å². The second-order valence-corrected chi connectivity index (χ2v) is 7.23. The van der Waals surface area contributed by atoms with Crippen molar-refractivity contribution in [1.29, 1.82) is 0 Å². The first-order chi connectivity index (χ1) is 10.5. The molecular weight excluding hydrogens is 303 g/mol. The Hall–Kier alpha value is 0.0700. The molecule has 0 spiro atoms. The summed E-state index contributed by atoms with van der Waals surface area (Å²) in [6.07, 6.45) is 5.33. The molecule has 22 heavy (non-hydrogen) atoms. The summed E-state index contributed by atoms with van der Waals surface area (Å²) in [6.45, 7) is 8.79. The maximum Gasteiger partial charge on any atom is 0.475 e. The Morgan fingerprint density at radius 3 is 1.77 bits per heavy atom. The van der Waals surface area contributed by atoms with Crippen LogP contribution in [0, 0.1) is 0 Å². The molecule has 0 fully saturated rings. The van der Waals surface area contributed by atoms with Crippen LogP contribution in [-0.2, 0) is 18.1 Å². The largest absolute Gasteiger partial charge is 0.475 e. The molecule has 2 unspecified atom stereocenters. The van der Waals surface area contributed by atoms with Crippen LogP contribution in [0.1, 0.15) is 79.1 Å². The molecular formula is C16H35O5P. The molecule has 134 valence electrons. The van der Waals surface area contributed by atoms with E-state index in [1.54, 1.807) is 0 Å². The zero-order valence-electron chi connectivity index (χ0n) is 14.8. The summed E-state index contributed by atoms with van der Waals surface area (Å²) in [5.74, 6) is 0. The molecule has 0 saturated heterocycles. The number of phosphoric ester groups is 1. The summed E-state index contributed by atoms with van der Waals surface area (Å²) in [5.41, 5.74) is 0. The Balaban J connectivity index is 4.75. The van der Waals surface area contributed by atoms with E-state index in [1.807, 2.05) is 27.7 Å². The number of unbranched alkanes of at least 4 members (excludes halogenated alkanes) is 2. The van der Waals surface area contributed by atoms with Crippen molar-refractivity contribution >= 4 is 7.82 Å². The van der Waals surface area contributed by atoms with Gasteiger partial charge in [0.25, 0.3) is 0 Å². The molecule has 0 bridgehead atoms. The lowest BCUT2D eigenvalue weighted by Crippen LogP contribution is -2.28. The molecule has 1 N–H and O–H groups in total. The molecule has 5 nitrogen and oxygen atoms in total. The molecule has 0 aromatic rings. The van der Waals surface area contributed by atoms with Crippen LogP contribution in [0.3, 0.4) is 0 Å². The van der Waals surface area contributed by atoms with Crippen LogP contribution < -0.4 is 0 Å². The van der Waals surface area contributed by atoms with E-state index >= 15 is 0 Å². The van der Waals surface area contributed by atoms with Crippen LogP contribution in [0.2, 0.25) is 0 Å². The fourth-order valence-corrected chi connectivity index (χ4v) is 3.47. The predicted octanol–water partition coefficient (Wildman–Crippen LogP) is 5.07. The molecule has 6 heteroatoms. The first-order valence-corrected chi connectivity index (χ1v) is 10.2. The van der Waals surface area contributed by atoms with E-state index in [9.17, 15) is 9.67 Å². The third kappa shape index (κ3) is 9.96. The van der Waals surface area contributed by atoms with Crippen LogP contribution >= 0.6 is 7.82 Å². The zero-order valence-corrected chi connectivity index (χ0v) is 15.6. The summed E-state index contributed by atoms with van der Waals surface area (Å²) in [6, 6.07) is 0. The van der Waals surface area contributed by atoms with Gasteiger partial charge in [-0.2, -0.15) is 0 Å². The highest BCUT2D eigenvalue weighted by Crippen LogP contribution is 2.51. The molecule has 0 rings (SSSR count). The monoisotopic (exact) mass is 338 g/mol. The fourth-order valence-electron chi connectivity index (χ4n) is 1.99. The fraction of sp³-hybridized carbons (Fsp3) is 1.00. The minimum Gasteiger partial charge on any atom is -0.390 e. The van der Waals surface area contributed by atoms with E-state index in [0.29, 0.717) is 26.1 Å². The number of phosphoric acid groups is 1. The van der Waals surface area contributed by atoms with Crippen molar-refractivity contribution in [3.05, 3.63) is 0 Å². The quantitative estimate of drug-likeness (QED) is 0.333. The molecule has 0 saturated carbocycles. The molecule has 0 radical (unpaired) electrons. The van der Waals surface area contributed by atoms with Gasteiger partial charge in [-0.15, -0.1) is 0 Å². The van der Waals surface area contributed by atoms with Gasteiger partial charge in [0.15, 0.2) is 0 Å². The number of hydrogen-bond donors (Lipinski definition) is 1. The Kier molecular flexibility index (Phi) is 13.5. The molecule has 0 aromatic carbocycles. The maximum absolute atomic E-state index is 12.8. The Morgan fingerprint density at radius 1 is 0.864 bits per heavy atom. The third-order valence-corrected chi connectivity index (χ3v) is 4.87. The van der Waals surface area contributed by atoms with Gasteiger partial charge in [0, 0.05) is 0 Å². The smallest absolute Gasteiger partial charge is 0.390 e. The van der Waals surface area contributed by atoms with Gasteiger partial charge < -0.3 is 5.11 Å². The number of aliphatic hydroxyl groups is 1. The van der Waals surface area contributed by atoms with E-state index in [4.69, 9.17) is 13.6 Å². The van der Waals surface area contributed by atoms with Crippen LogP contribution in [-0.4, -0.2) is 30.5 Å². The van der Waals surface area contributed by atoms with E-state index < -0.39 is 20.0 Å². The average Bonchev–Trinajstić information content (AvgIpc) is 2.48. The Morgan fingerprint density at radius 2 is 1.36 bits per heavy atom. The van der Waals surface area contributed by atoms with Crippen molar-refractivity contribution in [3.8, 4) is 0 Å². The van der Waals surface area contributed by atoms with Gasteiger partial charge in [-0.3, -0.25) is 13.6 Å². The van der Waals surface area contributed by atoms with Crippen molar-refractivity contribution in [2.75, 3.05) is 13.2 Å². The van der Waals surface area contributed by atoms with E-state index in [2.05, 4.69) is 0 Å². The molecule has 2 atom stereocenters. The van der Waals surface area contributed by atoms with Gasteiger partial charge in [-0.1, -0.05) is 53.4 Å². The Labute approximate surface area is 136 Å². The predicted molar refractivity (Wildman–Crippen MR) is 90.0 cm³/mol. The van der Waals surface area contributed by atoms with Crippen molar-refractivity contribution in [2.45, 2.75) is 91.3 Å². The van der Waals surface area contributed by atoms with Gasteiger partial charge in [0.05, 0.1) is 25.4 Å². The number of aliphatic hydroxyl groups excluding tert-OH is 1. The lowest BCUT2D eigenvalue weighted by Gasteiger charge is -2.27. The highest BCUT2D eigenvalue weighted by atomic mass is 31.2. The van der Waals surface area contributed by atoms with Crippen LogP contribution in [0.5, 0.6) is 0 Å². The lowest BCUT2D eigenvalue weighted by atomic mass is 10.1. The summed E-state index contributed by atoms with van der Waals surface area (Å²) in [5, 5.41) is 10.2. The summed E-state index contributed by atoms with van der Waals surface area (Å²) >= 11 is 0. The first-order valence-electron chi connectivity index (χ1n) is 8.78. The molecule has 0 amide bonds. The third-order valence-electron chi connectivity index (χ3n) is 3.35. The minimum atomic E-state index is -3.60. The van der Waals surface area contributed by atoms with Gasteiger partial charge in [-0.05, 0) is 25.7 Å². The summed E-state index contributed by atoms with van der Waals surface area (Å²) < 4.78 is 29.3. The standard InChI is InChI=1S/C16H35O5P/c1-5-9-13-19-22(18,20-14-10-6-2)21-16(12-8-4)15(17)11-7-3/h15-17H,5-14H2,1-4H3. The van der Waals surface area contributed by atoms with Gasteiger partial charge >= 0.3 is 7.82 Å². The van der Waals surface area contributed by atoms with Crippen molar-refractivity contribution < 1.29 is 23.2 Å². The molecule has 0 aliphatic rings. The van der Waals surface area contributed by atoms with Gasteiger partial charge in [-0.25, -0.2) is 4.57 Å². The molecule has 0 aliphatic carbocycles. The topological polar surface area (TPSA) is 65.0 Å². The minimum absolute atomic E-state index is 0.350. The molecule has 0 heterocycles. The number of hydrogen-bond acceptors (Lipinski definition) is 5. The van der Waals surface area contributed by atoms with Gasteiger partial charge in [0.1, 0.15) is 0 Å². The SMILES string of the molecule is CCCCOP(=O)(OCCCC)OC(CCC)C(O)CCC. The number of rotatable bonds is 15. The second-order valence-electron chi connectivity index (χ2n) is 5.61. The first kappa shape index (κ1) is 22.1. The molecule has 0 aromatic heterocycles. The van der Waals surface area contributed by atoms with Gasteiger partial charge in [0.2, 0.25) is 0 Å². The Bertz CT molecular complexity index is 284. The maximum atomic E-state index is 12.8. The van der Waals surface area contributed by atoms with E-state index in [-0.39, 0.29) is 0 Å². The highest BCUT2D eigenvalue weighted by Gasteiger charge is 2.33. The summed E-state index contributed by atoms with van der Waals surface area (Å²) in [4.78, 5) is 0. The van der Waals surface area contributed by atoms with E-state index in [0.717, 1.165) is 38.5 Å². The van der Waals surface area contributed by atoms with Crippen molar-refractivity contribution in [1.82, 2.24) is 0 Å².